The molecule has 0 saturated carbocycles. The highest BCUT2D eigenvalue weighted by Crippen LogP contribution is 2.28. The zero-order chi connectivity index (χ0) is 21.5. The third-order valence-corrected chi connectivity index (χ3v) is 5.26. The molecule has 1 saturated heterocycles. The fourth-order valence-electron chi connectivity index (χ4n) is 2.62. The van der Waals surface area contributed by atoms with Crippen LogP contribution in [0.1, 0.15) is 23.1 Å². The number of amides is 1. The third kappa shape index (κ3) is 5.84. The van der Waals surface area contributed by atoms with Crippen LogP contribution in [0.15, 0.2) is 52.7 Å². The number of hydrogen-bond acceptors (Lipinski definition) is 8. The fourth-order valence-corrected chi connectivity index (χ4v) is 3.52. The lowest BCUT2D eigenvalue weighted by atomic mass is 10.2. The van der Waals surface area contributed by atoms with Gasteiger partial charge < -0.3 is 24.7 Å². The van der Waals surface area contributed by atoms with Crippen molar-refractivity contribution < 1.29 is 24.2 Å². The van der Waals surface area contributed by atoms with Crippen LogP contribution in [-0.4, -0.2) is 35.6 Å². The maximum absolute atomic E-state index is 11.7. The Morgan fingerprint density at radius 1 is 1.23 bits per heavy atom. The standard InChI is InChI=1S/C21H21N3O5S/c1-13-3-5-14(6-4-13)12-29-16-8-7-15(9-17(16)28-2)11-22-24-21-23-20(27)18(30-21)10-19(25)26/h3-9,11,18H,10,12H2,1-2H3,(H,25,26)(H,23,24,27)/p-1/b22-11-/t18-/m0/s1. The number of carbonyl (C=O) groups excluding carboxylic acids is 2. The number of amidine groups is 1. The van der Waals surface area contributed by atoms with Crippen molar-refractivity contribution in [3.63, 3.8) is 0 Å². The van der Waals surface area contributed by atoms with Crippen molar-refractivity contribution in [1.29, 1.82) is 0 Å². The number of carbonyl (C=O) groups is 2. The predicted molar refractivity (Wildman–Crippen MR) is 113 cm³/mol. The van der Waals surface area contributed by atoms with Gasteiger partial charge in [0.05, 0.1) is 18.6 Å². The van der Waals surface area contributed by atoms with Gasteiger partial charge in [-0.1, -0.05) is 41.6 Å². The maximum atomic E-state index is 11.7. The van der Waals surface area contributed by atoms with Crippen LogP contribution in [0.25, 0.3) is 0 Å². The molecule has 0 aliphatic carbocycles. The molecule has 0 radical (unpaired) electrons. The molecule has 1 aliphatic heterocycles. The average molecular weight is 426 g/mol. The number of ether oxygens (including phenoxy) is 2. The van der Waals surface area contributed by atoms with Crippen molar-refractivity contribution >= 4 is 35.0 Å². The summed E-state index contributed by atoms with van der Waals surface area (Å²) in [7, 11) is 1.55. The molecule has 0 spiro atoms. The number of aryl methyl sites for hydroxylation is 1. The number of carboxylic acid groups (broad SMARTS) is 1. The smallest absolute Gasteiger partial charge is 0.239 e. The zero-order valence-electron chi connectivity index (χ0n) is 16.5. The van der Waals surface area contributed by atoms with E-state index >= 15 is 0 Å². The Bertz CT molecular complexity index is 989. The highest BCUT2D eigenvalue weighted by atomic mass is 32.2. The van der Waals surface area contributed by atoms with Crippen molar-refractivity contribution in [2.24, 2.45) is 10.2 Å². The summed E-state index contributed by atoms with van der Waals surface area (Å²) in [5.41, 5.74) is 2.96. The van der Waals surface area contributed by atoms with Gasteiger partial charge in [0.15, 0.2) is 16.7 Å². The first-order valence-corrected chi connectivity index (χ1v) is 9.97. The molecule has 3 rings (SSSR count). The van der Waals surface area contributed by atoms with Crippen LogP contribution in [0.4, 0.5) is 0 Å². The van der Waals surface area contributed by atoms with Crippen molar-refractivity contribution in [1.82, 2.24) is 5.32 Å². The van der Waals surface area contributed by atoms with Gasteiger partial charge >= 0.3 is 0 Å². The highest BCUT2D eigenvalue weighted by molar-refractivity contribution is 8.15. The first kappa shape index (κ1) is 21.4. The van der Waals surface area contributed by atoms with Gasteiger partial charge in [-0.3, -0.25) is 4.79 Å². The first-order valence-electron chi connectivity index (χ1n) is 9.09. The van der Waals surface area contributed by atoms with Gasteiger partial charge in [-0.25, -0.2) is 0 Å². The van der Waals surface area contributed by atoms with Gasteiger partial charge in [-0.05, 0) is 36.2 Å². The maximum Gasteiger partial charge on any atom is 0.239 e. The Balaban J connectivity index is 1.62. The number of rotatable bonds is 8. The molecule has 0 bridgehead atoms. The third-order valence-electron chi connectivity index (χ3n) is 4.19. The second-order valence-electron chi connectivity index (χ2n) is 6.51. The van der Waals surface area contributed by atoms with Gasteiger partial charge in [0.2, 0.25) is 5.91 Å². The Hall–Kier alpha value is -3.33. The minimum Gasteiger partial charge on any atom is -0.550 e. The fraction of sp³-hybridized carbons (Fsp3) is 0.238. The molecule has 0 aromatic heterocycles. The number of thioether (sulfide) groups is 1. The molecule has 156 valence electrons. The van der Waals surface area contributed by atoms with E-state index in [4.69, 9.17) is 9.47 Å². The summed E-state index contributed by atoms with van der Waals surface area (Å²) in [6.07, 6.45) is 1.12. The molecule has 2 aromatic rings. The van der Waals surface area contributed by atoms with Crippen LogP contribution in [-0.2, 0) is 16.2 Å². The molecule has 0 unspecified atom stereocenters. The van der Waals surface area contributed by atoms with Gasteiger partial charge in [-0.2, -0.15) is 5.10 Å². The molecule has 1 aliphatic rings. The summed E-state index contributed by atoms with van der Waals surface area (Å²) in [6.45, 7) is 2.45. The van der Waals surface area contributed by atoms with E-state index in [0.29, 0.717) is 18.1 Å². The molecule has 30 heavy (non-hydrogen) atoms. The lowest BCUT2D eigenvalue weighted by molar-refractivity contribution is -0.305. The molecule has 1 amide bonds. The largest absolute Gasteiger partial charge is 0.550 e. The zero-order valence-corrected chi connectivity index (χ0v) is 17.3. The molecule has 9 heteroatoms. The number of nitrogens with one attached hydrogen (secondary N) is 1. The summed E-state index contributed by atoms with van der Waals surface area (Å²) in [5, 5.41) is 20.5. The van der Waals surface area contributed by atoms with Gasteiger partial charge in [0.1, 0.15) is 6.61 Å². The molecule has 1 fully saturated rings. The minimum absolute atomic E-state index is 0.243. The quantitative estimate of drug-likeness (QED) is 0.507. The Morgan fingerprint density at radius 3 is 2.70 bits per heavy atom. The second-order valence-corrected chi connectivity index (χ2v) is 7.70. The number of benzene rings is 2. The average Bonchev–Trinajstić information content (AvgIpc) is 3.06. The molecular weight excluding hydrogens is 406 g/mol. The van der Waals surface area contributed by atoms with E-state index in [2.05, 4.69) is 15.5 Å². The molecule has 2 aromatic carbocycles. The number of aliphatic carboxylic acids is 1. The molecule has 1 atom stereocenters. The van der Waals surface area contributed by atoms with E-state index in [1.54, 1.807) is 25.3 Å². The summed E-state index contributed by atoms with van der Waals surface area (Å²) in [4.78, 5) is 22.3. The van der Waals surface area contributed by atoms with E-state index in [1.165, 1.54) is 11.8 Å². The Morgan fingerprint density at radius 2 is 2.00 bits per heavy atom. The predicted octanol–water partition coefficient (Wildman–Crippen LogP) is 1.64. The second kappa shape index (κ2) is 9.93. The van der Waals surface area contributed by atoms with Crippen molar-refractivity contribution in [2.75, 3.05) is 7.11 Å². The normalized spacial score (nSPS) is 17.3. The molecule has 1 N–H and O–H groups in total. The summed E-state index contributed by atoms with van der Waals surface area (Å²) in [5.74, 6) is -0.555. The Kier molecular flexibility index (Phi) is 7.08. The van der Waals surface area contributed by atoms with Gasteiger partial charge in [-0.15, -0.1) is 5.10 Å². The van der Waals surface area contributed by atoms with Crippen LogP contribution in [0.5, 0.6) is 11.5 Å². The van der Waals surface area contributed by atoms with Crippen molar-refractivity contribution in [3.05, 3.63) is 59.2 Å². The van der Waals surface area contributed by atoms with E-state index < -0.39 is 17.1 Å². The van der Waals surface area contributed by atoms with Gasteiger partial charge in [0, 0.05) is 12.4 Å². The molecule has 8 nitrogen and oxygen atoms in total. The minimum atomic E-state index is -1.29. The van der Waals surface area contributed by atoms with E-state index in [0.717, 1.165) is 22.9 Å². The first-order chi connectivity index (χ1) is 14.4. The number of methoxy groups -OCH3 is 1. The summed E-state index contributed by atoms with van der Waals surface area (Å²) >= 11 is 1.01. The molecular formula is C21H20N3O5S-. The Labute approximate surface area is 178 Å². The highest BCUT2D eigenvalue weighted by Gasteiger charge is 2.30. The lowest BCUT2D eigenvalue weighted by Gasteiger charge is -2.11. The summed E-state index contributed by atoms with van der Waals surface area (Å²) in [6, 6.07) is 13.4. The van der Waals surface area contributed by atoms with Crippen LogP contribution >= 0.6 is 11.8 Å². The lowest BCUT2D eigenvalue weighted by Crippen LogP contribution is -2.31. The summed E-state index contributed by atoms with van der Waals surface area (Å²) < 4.78 is 11.2. The van der Waals surface area contributed by atoms with Crippen LogP contribution < -0.4 is 19.9 Å². The van der Waals surface area contributed by atoms with Crippen molar-refractivity contribution in [2.45, 2.75) is 25.2 Å². The van der Waals surface area contributed by atoms with E-state index in [1.807, 2.05) is 31.2 Å². The van der Waals surface area contributed by atoms with E-state index in [-0.39, 0.29) is 11.6 Å². The monoisotopic (exact) mass is 426 g/mol. The molecule has 1 heterocycles. The van der Waals surface area contributed by atoms with Gasteiger partial charge in [0.25, 0.3) is 0 Å². The van der Waals surface area contributed by atoms with Crippen LogP contribution in [0.3, 0.4) is 0 Å². The van der Waals surface area contributed by atoms with Crippen molar-refractivity contribution in [3.8, 4) is 11.5 Å². The van der Waals surface area contributed by atoms with E-state index in [9.17, 15) is 14.7 Å². The number of carboxylic acids is 1. The van der Waals surface area contributed by atoms with Crippen LogP contribution in [0, 0.1) is 6.92 Å². The SMILES string of the molecule is COc1cc(/C=N\N=C2\NC(=O)[C@H](CC(=O)[O-])S2)ccc1OCc1ccc(C)cc1. The van der Waals surface area contributed by atoms with Crippen LogP contribution in [0.2, 0.25) is 0 Å². The number of hydrogen-bond donors (Lipinski definition) is 1. The number of nitrogens with zero attached hydrogens (tertiary/aromatic N) is 2. The topological polar surface area (TPSA) is 112 Å².